The molecule has 0 saturated carbocycles. The molecule has 0 saturated heterocycles. The molecule has 0 aromatic carbocycles. The number of alkyl carbamates (subject to hydrolysis) is 1. The summed E-state index contributed by atoms with van der Waals surface area (Å²) in [5, 5.41) is 13.4. The number of carbonyl (C=O) groups excluding carboxylic acids is 2. The SMILES string of the molecule is C=CCOC(=O)NCCCCNC(=O)CC#N. The van der Waals surface area contributed by atoms with E-state index in [2.05, 4.69) is 17.2 Å². The van der Waals surface area contributed by atoms with E-state index in [1.165, 1.54) is 6.08 Å². The Labute approximate surface area is 101 Å². The number of hydrogen-bond donors (Lipinski definition) is 2. The fraction of sp³-hybridized carbons (Fsp3) is 0.545. The predicted octanol–water partition coefficient (Wildman–Crippen LogP) is 0.709. The Balaban J connectivity index is 3.29. The lowest BCUT2D eigenvalue weighted by Gasteiger charge is -2.05. The van der Waals surface area contributed by atoms with Gasteiger partial charge >= 0.3 is 6.09 Å². The highest BCUT2D eigenvalue weighted by atomic mass is 16.5. The Morgan fingerprint density at radius 3 is 2.53 bits per heavy atom. The van der Waals surface area contributed by atoms with E-state index >= 15 is 0 Å². The van der Waals surface area contributed by atoms with Crippen LogP contribution in [-0.4, -0.2) is 31.7 Å². The Hall–Kier alpha value is -2.03. The van der Waals surface area contributed by atoms with Crippen LogP contribution in [-0.2, 0) is 9.53 Å². The number of rotatable bonds is 8. The molecule has 17 heavy (non-hydrogen) atoms. The maximum Gasteiger partial charge on any atom is 0.407 e. The number of unbranched alkanes of at least 4 members (excludes halogenated alkanes) is 1. The van der Waals surface area contributed by atoms with Crippen LogP contribution in [0.15, 0.2) is 12.7 Å². The second kappa shape index (κ2) is 10.5. The first-order valence-corrected chi connectivity index (χ1v) is 5.36. The van der Waals surface area contributed by atoms with Gasteiger partial charge in [0.1, 0.15) is 13.0 Å². The molecule has 0 rings (SSSR count). The van der Waals surface area contributed by atoms with Crippen molar-refractivity contribution in [2.45, 2.75) is 19.3 Å². The molecule has 0 spiro atoms. The molecule has 0 heterocycles. The van der Waals surface area contributed by atoms with E-state index in [4.69, 9.17) is 10.00 Å². The largest absolute Gasteiger partial charge is 0.445 e. The van der Waals surface area contributed by atoms with Gasteiger partial charge in [-0.3, -0.25) is 4.79 Å². The quantitative estimate of drug-likeness (QED) is 0.482. The van der Waals surface area contributed by atoms with Gasteiger partial charge in [-0.15, -0.1) is 0 Å². The molecule has 0 aromatic rings. The number of amides is 2. The highest BCUT2D eigenvalue weighted by molar-refractivity contribution is 5.77. The van der Waals surface area contributed by atoms with Crippen LogP contribution < -0.4 is 10.6 Å². The topological polar surface area (TPSA) is 91.2 Å². The molecule has 0 bridgehead atoms. The maximum absolute atomic E-state index is 10.9. The van der Waals surface area contributed by atoms with E-state index in [0.717, 1.165) is 12.8 Å². The van der Waals surface area contributed by atoms with Crippen LogP contribution in [0.4, 0.5) is 4.79 Å². The molecular weight excluding hydrogens is 222 g/mol. The minimum absolute atomic E-state index is 0.119. The van der Waals surface area contributed by atoms with Crippen molar-refractivity contribution in [1.29, 1.82) is 5.26 Å². The van der Waals surface area contributed by atoms with E-state index in [0.29, 0.717) is 13.1 Å². The minimum Gasteiger partial charge on any atom is -0.445 e. The van der Waals surface area contributed by atoms with Crippen LogP contribution in [0.2, 0.25) is 0 Å². The Morgan fingerprint density at radius 2 is 1.94 bits per heavy atom. The minimum atomic E-state index is -0.474. The molecule has 0 radical (unpaired) electrons. The van der Waals surface area contributed by atoms with Crippen molar-refractivity contribution >= 4 is 12.0 Å². The second-order valence-corrected chi connectivity index (χ2v) is 3.21. The van der Waals surface area contributed by atoms with Crippen molar-refractivity contribution in [3.63, 3.8) is 0 Å². The van der Waals surface area contributed by atoms with Crippen molar-refractivity contribution in [3.05, 3.63) is 12.7 Å². The Morgan fingerprint density at radius 1 is 1.29 bits per heavy atom. The van der Waals surface area contributed by atoms with E-state index in [9.17, 15) is 9.59 Å². The summed E-state index contributed by atoms with van der Waals surface area (Å²) >= 11 is 0. The fourth-order valence-corrected chi connectivity index (χ4v) is 0.988. The van der Waals surface area contributed by atoms with Gasteiger partial charge in [0.15, 0.2) is 0 Å². The first-order valence-electron chi connectivity index (χ1n) is 5.36. The fourth-order valence-electron chi connectivity index (χ4n) is 0.988. The molecule has 0 aromatic heterocycles. The van der Waals surface area contributed by atoms with Crippen molar-refractivity contribution in [3.8, 4) is 6.07 Å². The number of nitrogens with one attached hydrogen (secondary N) is 2. The normalized spacial score (nSPS) is 8.88. The molecule has 94 valence electrons. The van der Waals surface area contributed by atoms with Crippen LogP contribution in [0, 0.1) is 11.3 Å². The Bertz CT molecular complexity index is 297. The van der Waals surface area contributed by atoms with Gasteiger partial charge in [0.25, 0.3) is 0 Å². The summed E-state index contributed by atoms with van der Waals surface area (Å²) in [6.45, 7) is 4.60. The Kier molecular flexibility index (Phi) is 9.23. The third-order valence-corrected chi connectivity index (χ3v) is 1.77. The molecule has 2 N–H and O–H groups in total. The lowest BCUT2D eigenvalue weighted by molar-refractivity contribution is -0.120. The van der Waals surface area contributed by atoms with Crippen molar-refractivity contribution in [2.75, 3.05) is 19.7 Å². The summed E-state index contributed by atoms with van der Waals surface area (Å²) in [5.41, 5.74) is 0. The second-order valence-electron chi connectivity index (χ2n) is 3.21. The number of ether oxygens (including phenoxy) is 1. The smallest absolute Gasteiger partial charge is 0.407 e. The van der Waals surface area contributed by atoms with E-state index in [1.54, 1.807) is 6.07 Å². The van der Waals surface area contributed by atoms with Gasteiger partial charge < -0.3 is 15.4 Å². The monoisotopic (exact) mass is 239 g/mol. The van der Waals surface area contributed by atoms with Crippen LogP contribution in [0.3, 0.4) is 0 Å². The van der Waals surface area contributed by atoms with Gasteiger partial charge in [0.05, 0.1) is 6.07 Å². The highest BCUT2D eigenvalue weighted by Gasteiger charge is 2.00. The molecule has 0 atom stereocenters. The predicted molar refractivity (Wildman–Crippen MR) is 62.0 cm³/mol. The third kappa shape index (κ3) is 10.3. The summed E-state index contributed by atoms with van der Waals surface area (Å²) in [4.78, 5) is 21.8. The molecule has 0 aliphatic heterocycles. The zero-order valence-corrected chi connectivity index (χ0v) is 9.70. The van der Waals surface area contributed by atoms with Crippen molar-refractivity contribution in [2.24, 2.45) is 0 Å². The van der Waals surface area contributed by atoms with E-state index in [-0.39, 0.29) is 18.9 Å². The van der Waals surface area contributed by atoms with Gasteiger partial charge in [-0.25, -0.2) is 4.79 Å². The average molecular weight is 239 g/mol. The number of hydrogen-bond acceptors (Lipinski definition) is 4. The number of nitriles is 1. The van der Waals surface area contributed by atoms with Gasteiger partial charge in [-0.1, -0.05) is 12.7 Å². The van der Waals surface area contributed by atoms with Crippen molar-refractivity contribution < 1.29 is 14.3 Å². The van der Waals surface area contributed by atoms with Gasteiger partial charge in [-0.2, -0.15) is 5.26 Å². The van der Waals surface area contributed by atoms with Gasteiger partial charge in [-0.05, 0) is 12.8 Å². The summed E-state index contributed by atoms with van der Waals surface area (Å²) in [6, 6.07) is 1.76. The first kappa shape index (κ1) is 15.0. The average Bonchev–Trinajstić information content (AvgIpc) is 2.31. The number of nitrogens with zero attached hydrogens (tertiary/aromatic N) is 1. The molecule has 2 amide bonds. The molecule has 0 fully saturated rings. The standard InChI is InChI=1S/C11H17N3O3/c1-2-9-17-11(16)14-8-4-3-7-13-10(15)5-6-12/h2H,1,3-5,7-9H2,(H,13,15)(H,14,16). The van der Waals surface area contributed by atoms with Crippen LogP contribution >= 0.6 is 0 Å². The third-order valence-electron chi connectivity index (χ3n) is 1.77. The molecule has 6 nitrogen and oxygen atoms in total. The van der Waals surface area contributed by atoms with Crippen LogP contribution in [0.1, 0.15) is 19.3 Å². The molecule has 0 unspecified atom stereocenters. The van der Waals surface area contributed by atoms with E-state index < -0.39 is 6.09 Å². The number of carbonyl (C=O) groups is 2. The zero-order chi connectivity index (χ0) is 12.9. The highest BCUT2D eigenvalue weighted by Crippen LogP contribution is 1.87. The summed E-state index contributed by atoms with van der Waals surface area (Å²) in [6.07, 6.45) is 2.36. The summed E-state index contributed by atoms with van der Waals surface area (Å²) < 4.78 is 4.69. The van der Waals surface area contributed by atoms with Crippen LogP contribution in [0.25, 0.3) is 0 Å². The first-order chi connectivity index (χ1) is 8.20. The molecule has 0 aliphatic carbocycles. The summed E-state index contributed by atoms with van der Waals surface area (Å²) in [5.74, 6) is -0.272. The van der Waals surface area contributed by atoms with E-state index in [1.807, 2.05) is 0 Å². The summed E-state index contributed by atoms with van der Waals surface area (Å²) in [7, 11) is 0. The van der Waals surface area contributed by atoms with Crippen LogP contribution in [0.5, 0.6) is 0 Å². The van der Waals surface area contributed by atoms with Gasteiger partial charge in [0, 0.05) is 13.1 Å². The lowest BCUT2D eigenvalue weighted by atomic mass is 10.3. The molecule has 6 heteroatoms. The maximum atomic E-state index is 10.9. The lowest BCUT2D eigenvalue weighted by Crippen LogP contribution is -2.27. The molecule has 0 aliphatic rings. The van der Waals surface area contributed by atoms with Crippen molar-refractivity contribution in [1.82, 2.24) is 10.6 Å². The molecular formula is C11H17N3O3. The zero-order valence-electron chi connectivity index (χ0n) is 9.70. The van der Waals surface area contributed by atoms with Gasteiger partial charge in [0.2, 0.25) is 5.91 Å².